The van der Waals surface area contributed by atoms with Crippen molar-refractivity contribution in [1.29, 1.82) is 0 Å². The van der Waals surface area contributed by atoms with Crippen LogP contribution < -0.4 is 0 Å². The van der Waals surface area contributed by atoms with E-state index in [0.717, 1.165) is 36.8 Å². The van der Waals surface area contributed by atoms with Crippen LogP contribution in [-0.4, -0.2) is 39.9 Å². The summed E-state index contributed by atoms with van der Waals surface area (Å²) in [6.45, 7) is 6.86. The quantitative estimate of drug-likeness (QED) is 0.660. The minimum atomic E-state index is -0.601. The van der Waals surface area contributed by atoms with Gasteiger partial charge in [0.1, 0.15) is 5.60 Å². The van der Waals surface area contributed by atoms with Crippen molar-refractivity contribution >= 4 is 11.7 Å². The van der Waals surface area contributed by atoms with Gasteiger partial charge in [0.2, 0.25) is 0 Å². The molecule has 138 valence electrons. The maximum absolute atomic E-state index is 12.4. The molecule has 0 fully saturated rings. The number of hydrogen-bond donors (Lipinski definition) is 2. The van der Waals surface area contributed by atoms with E-state index in [2.05, 4.69) is 0 Å². The highest BCUT2D eigenvalue weighted by Crippen LogP contribution is 2.28. The lowest BCUT2D eigenvalue weighted by Gasteiger charge is -2.27. The number of aliphatic hydroxyl groups excluding tert-OH is 1. The first-order chi connectivity index (χ1) is 11.8. The van der Waals surface area contributed by atoms with Crippen LogP contribution in [0.2, 0.25) is 0 Å². The molecule has 1 aromatic carbocycles. The number of nitrogens with zero attached hydrogens (tertiary/aromatic N) is 1. The second kappa shape index (κ2) is 8.28. The van der Waals surface area contributed by atoms with Crippen molar-refractivity contribution in [3.8, 4) is 0 Å². The summed E-state index contributed by atoms with van der Waals surface area (Å²) < 4.78 is 5.50. The zero-order valence-corrected chi connectivity index (χ0v) is 15.4. The van der Waals surface area contributed by atoms with Crippen LogP contribution in [0.15, 0.2) is 30.2 Å². The lowest BCUT2D eigenvalue weighted by molar-refractivity contribution is 0.0245. The van der Waals surface area contributed by atoms with Crippen molar-refractivity contribution in [2.75, 3.05) is 13.1 Å². The van der Waals surface area contributed by atoms with Crippen molar-refractivity contribution in [2.45, 2.75) is 58.5 Å². The molecule has 0 aliphatic carbocycles. The summed E-state index contributed by atoms with van der Waals surface area (Å²) in [5, 5.41) is 19.4. The van der Waals surface area contributed by atoms with Crippen LogP contribution in [0.5, 0.6) is 0 Å². The number of fused-ring (bicyclic) bond motifs is 1. The Labute approximate surface area is 149 Å². The number of rotatable bonds is 0. The number of benzene rings is 1. The molecule has 2 rings (SSSR count). The molecule has 1 heterocycles. The Hall–Kier alpha value is -2.17. The molecule has 25 heavy (non-hydrogen) atoms. The minimum absolute atomic E-state index is 0.277. The monoisotopic (exact) mass is 347 g/mol. The molecule has 1 aromatic rings. The summed E-state index contributed by atoms with van der Waals surface area (Å²) in [5.41, 5.74) is 2.05. The largest absolute Gasteiger partial charge is 0.481 e. The topological polar surface area (TPSA) is 70.0 Å². The Morgan fingerprint density at radius 3 is 2.40 bits per heavy atom. The molecule has 5 nitrogen and oxygen atoms in total. The third-order valence-corrected chi connectivity index (χ3v) is 4.24. The molecule has 1 aliphatic rings. The van der Waals surface area contributed by atoms with Gasteiger partial charge in [-0.1, -0.05) is 24.3 Å². The first-order valence-corrected chi connectivity index (χ1v) is 8.95. The highest BCUT2D eigenvalue weighted by Gasteiger charge is 2.22. The predicted molar refractivity (Wildman–Crippen MR) is 98.6 cm³/mol. The Morgan fingerprint density at radius 1 is 1.04 bits per heavy atom. The van der Waals surface area contributed by atoms with Gasteiger partial charge in [-0.2, -0.15) is 0 Å². The Kier molecular flexibility index (Phi) is 6.34. The standard InChI is InChI=1S/C20H29NO4/c1-20(2,3)25-19(24)21-13-7-6-12-17(18(22)23)16-11-5-4-9-15(16)10-8-14-21/h4-5,9,11,22-23H,6-8,10,12-14H2,1-3H3. The van der Waals surface area contributed by atoms with E-state index >= 15 is 0 Å². The average Bonchev–Trinajstić information content (AvgIpc) is 2.55. The molecular weight excluding hydrogens is 318 g/mol. The first kappa shape index (κ1) is 19.2. The number of carbonyl (C=O) groups is 1. The molecule has 5 heteroatoms. The van der Waals surface area contributed by atoms with Gasteiger partial charge >= 0.3 is 6.09 Å². The first-order valence-electron chi connectivity index (χ1n) is 8.95. The van der Waals surface area contributed by atoms with E-state index in [1.54, 1.807) is 4.90 Å². The summed E-state index contributed by atoms with van der Waals surface area (Å²) in [6, 6.07) is 7.80. The molecule has 0 atom stereocenters. The fraction of sp³-hybridized carbons (Fsp3) is 0.550. The molecule has 0 spiro atoms. The summed E-state index contributed by atoms with van der Waals surface area (Å²) >= 11 is 0. The molecule has 2 N–H and O–H groups in total. The number of aliphatic hydroxyl groups is 2. The molecule has 0 aromatic heterocycles. The minimum Gasteiger partial charge on any atom is -0.481 e. The average molecular weight is 347 g/mol. The van der Waals surface area contributed by atoms with Crippen molar-refractivity contribution < 1.29 is 19.7 Å². The third-order valence-electron chi connectivity index (χ3n) is 4.24. The van der Waals surface area contributed by atoms with Crippen LogP contribution in [0.4, 0.5) is 4.79 Å². The zero-order valence-electron chi connectivity index (χ0n) is 15.4. The lowest BCUT2D eigenvalue weighted by atomic mass is 9.94. The van der Waals surface area contributed by atoms with Crippen LogP contribution in [0, 0.1) is 0 Å². The normalized spacial score (nSPS) is 16.6. The number of hydrogen-bond acceptors (Lipinski definition) is 4. The number of ether oxygens (including phenoxy) is 1. The third kappa shape index (κ3) is 5.69. The molecular formula is C20H29NO4. The van der Waals surface area contributed by atoms with Gasteiger partial charge < -0.3 is 19.8 Å². The maximum Gasteiger partial charge on any atom is 0.410 e. The molecule has 0 unspecified atom stereocenters. The van der Waals surface area contributed by atoms with Gasteiger partial charge in [0.15, 0.2) is 0 Å². The molecule has 1 aliphatic heterocycles. The summed E-state index contributed by atoms with van der Waals surface area (Å²) in [4.78, 5) is 14.2. The van der Waals surface area contributed by atoms with Crippen LogP contribution >= 0.6 is 0 Å². The molecule has 0 radical (unpaired) electrons. The Bertz CT molecular complexity index is 627. The highest BCUT2D eigenvalue weighted by atomic mass is 16.6. The predicted octanol–water partition coefficient (Wildman–Crippen LogP) is 4.82. The van der Waals surface area contributed by atoms with Gasteiger partial charge in [0.25, 0.3) is 5.95 Å². The Morgan fingerprint density at radius 2 is 1.72 bits per heavy atom. The van der Waals surface area contributed by atoms with Crippen LogP contribution in [-0.2, 0) is 11.2 Å². The fourth-order valence-corrected chi connectivity index (χ4v) is 3.09. The van der Waals surface area contributed by atoms with E-state index in [9.17, 15) is 15.0 Å². The van der Waals surface area contributed by atoms with Crippen LogP contribution in [0.25, 0.3) is 5.57 Å². The van der Waals surface area contributed by atoms with Gasteiger partial charge in [-0.15, -0.1) is 0 Å². The van der Waals surface area contributed by atoms with E-state index in [1.807, 2.05) is 45.0 Å². The van der Waals surface area contributed by atoms with Gasteiger partial charge in [-0.25, -0.2) is 4.79 Å². The number of allylic oxidation sites excluding steroid dienone is 1. The van der Waals surface area contributed by atoms with Gasteiger partial charge in [-0.05, 0) is 64.0 Å². The van der Waals surface area contributed by atoms with Gasteiger partial charge in [0.05, 0.1) is 0 Å². The number of aryl methyl sites for hydroxylation is 1. The van der Waals surface area contributed by atoms with E-state index in [0.29, 0.717) is 25.1 Å². The Balaban J connectivity index is 2.18. The van der Waals surface area contributed by atoms with Crippen LogP contribution in [0.3, 0.4) is 0 Å². The van der Waals surface area contributed by atoms with Crippen LogP contribution in [0.1, 0.15) is 57.6 Å². The smallest absolute Gasteiger partial charge is 0.410 e. The summed E-state index contributed by atoms with van der Waals surface area (Å²) in [5.74, 6) is -0.601. The van der Waals surface area contributed by atoms with E-state index < -0.39 is 11.5 Å². The number of amides is 1. The van der Waals surface area contributed by atoms with E-state index in [4.69, 9.17) is 4.74 Å². The highest BCUT2D eigenvalue weighted by molar-refractivity contribution is 5.69. The SMILES string of the molecule is CC(C)(C)OC(=O)N1CCCCC(=C(O)O)c2ccccc2CCC1. The molecule has 0 saturated heterocycles. The van der Waals surface area contributed by atoms with Crippen molar-refractivity contribution in [1.82, 2.24) is 4.90 Å². The summed E-state index contributed by atoms with van der Waals surface area (Å²) in [6.07, 6.45) is 3.43. The second-order valence-corrected chi connectivity index (χ2v) is 7.49. The maximum atomic E-state index is 12.4. The van der Waals surface area contributed by atoms with Gasteiger partial charge in [0, 0.05) is 18.7 Å². The van der Waals surface area contributed by atoms with E-state index in [-0.39, 0.29) is 6.09 Å². The van der Waals surface area contributed by atoms with Gasteiger partial charge in [-0.3, -0.25) is 0 Å². The zero-order chi connectivity index (χ0) is 18.4. The van der Waals surface area contributed by atoms with Crippen molar-refractivity contribution in [3.63, 3.8) is 0 Å². The molecule has 0 saturated carbocycles. The molecule has 0 bridgehead atoms. The van der Waals surface area contributed by atoms with Crippen molar-refractivity contribution in [3.05, 3.63) is 41.3 Å². The number of carbonyl (C=O) groups excluding carboxylic acids is 1. The summed E-state index contributed by atoms with van der Waals surface area (Å²) in [7, 11) is 0. The molecule has 1 amide bonds. The fourth-order valence-electron chi connectivity index (χ4n) is 3.09. The van der Waals surface area contributed by atoms with Crippen molar-refractivity contribution in [2.24, 2.45) is 0 Å². The second-order valence-electron chi connectivity index (χ2n) is 7.49. The van der Waals surface area contributed by atoms with E-state index in [1.165, 1.54) is 0 Å². The lowest BCUT2D eigenvalue weighted by Crippen LogP contribution is -2.38.